The van der Waals surface area contributed by atoms with Crippen LogP contribution in [0.4, 0.5) is 11.6 Å². The quantitative estimate of drug-likeness (QED) is 0.219. The number of piperidine rings is 1. The summed E-state index contributed by atoms with van der Waals surface area (Å²) in [4.78, 5) is 28.9. The van der Waals surface area contributed by atoms with Gasteiger partial charge in [0, 0.05) is 51.3 Å². The number of fused-ring (bicyclic) bond motifs is 1. The van der Waals surface area contributed by atoms with Crippen LogP contribution in [0.2, 0.25) is 10.0 Å². The fraction of sp³-hybridized carbons (Fsp3) is 0.484. The Balaban J connectivity index is 1.57. The van der Waals surface area contributed by atoms with E-state index in [0.29, 0.717) is 72.8 Å². The van der Waals surface area contributed by atoms with E-state index in [-0.39, 0.29) is 40.2 Å². The van der Waals surface area contributed by atoms with Crippen molar-refractivity contribution in [2.45, 2.75) is 37.6 Å². The third-order valence-corrected chi connectivity index (χ3v) is 9.00. The summed E-state index contributed by atoms with van der Waals surface area (Å²) in [6, 6.07) is 3.20. The molecule has 2 aromatic heterocycles. The summed E-state index contributed by atoms with van der Waals surface area (Å²) in [5.41, 5.74) is 0.994. The van der Waals surface area contributed by atoms with E-state index >= 15 is 0 Å². The summed E-state index contributed by atoms with van der Waals surface area (Å²) in [7, 11) is 6.36. The molecule has 4 heterocycles. The van der Waals surface area contributed by atoms with E-state index in [4.69, 9.17) is 56.9 Å². The fourth-order valence-electron chi connectivity index (χ4n) is 5.88. The molecule has 242 valence electrons. The Morgan fingerprint density at radius 3 is 2.36 bits per heavy atom. The standard InChI is InChI=1S/C31H38Cl2N6O6/c1-6-25(40)36-19-9-12-45-16-21(19)35-24-13-18-20(15-34-24)37-29(26-27(32)22(41-2)14-23(42-3)28(26)33)38-30(18)39-10-7-17(8-11-39)31(43-4)44-5/h6,13-15,17,19,21,31H,1,7-12,16H2,2-5H3,(H,34,35)(H,36,40)/t19-,21+/m0/s1. The van der Waals surface area contributed by atoms with Gasteiger partial charge < -0.3 is 39.2 Å². The van der Waals surface area contributed by atoms with E-state index in [2.05, 4.69) is 27.1 Å². The van der Waals surface area contributed by atoms with Crippen LogP contribution in [0.5, 0.6) is 11.5 Å². The van der Waals surface area contributed by atoms with Gasteiger partial charge in [0.1, 0.15) is 23.1 Å². The molecule has 0 saturated carbocycles. The van der Waals surface area contributed by atoms with Crippen LogP contribution < -0.4 is 25.0 Å². The molecule has 14 heteroatoms. The van der Waals surface area contributed by atoms with Crippen molar-refractivity contribution in [3.05, 3.63) is 41.0 Å². The lowest BCUT2D eigenvalue weighted by atomic mass is 9.96. The second kappa shape index (κ2) is 14.8. The molecule has 1 aromatic carbocycles. The summed E-state index contributed by atoms with van der Waals surface area (Å²) in [6.07, 6.45) is 5.00. The maximum Gasteiger partial charge on any atom is 0.243 e. The first-order chi connectivity index (χ1) is 21.8. The smallest absolute Gasteiger partial charge is 0.243 e. The van der Waals surface area contributed by atoms with Crippen LogP contribution in [-0.2, 0) is 19.0 Å². The lowest BCUT2D eigenvalue weighted by Crippen LogP contribution is -2.52. The Hall–Kier alpha value is -3.42. The van der Waals surface area contributed by atoms with Gasteiger partial charge in [-0.2, -0.15) is 0 Å². The number of hydrogen-bond donors (Lipinski definition) is 2. The van der Waals surface area contributed by atoms with Crippen molar-refractivity contribution in [1.29, 1.82) is 0 Å². The Bertz CT molecular complexity index is 1500. The molecule has 0 spiro atoms. The maximum atomic E-state index is 12.1. The molecule has 45 heavy (non-hydrogen) atoms. The van der Waals surface area contributed by atoms with Gasteiger partial charge in [0.2, 0.25) is 5.91 Å². The summed E-state index contributed by atoms with van der Waals surface area (Å²) in [5, 5.41) is 7.76. The van der Waals surface area contributed by atoms with Crippen molar-refractivity contribution in [3.63, 3.8) is 0 Å². The molecule has 5 rings (SSSR count). The number of pyridine rings is 1. The summed E-state index contributed by atoms with van der Waals surface area (Å²) in [5.74, 6) is 2.39. The number of benzene rings is 1. The first kappa shape index (κ1) is 33.0. The normalized spacial score (nSPS) is 19.0. The number of amides is 1. The highest BCUT2D eigenvalue weighted by Gasteiger charge is 2.31. The van der Waals surface area contributed by atoms with Gasteiger partial charge in [-0.1, -0.05) is 29.8 Å². The van der Waals surface area contributed by atoms with Gasteiger partial charge in [0.15, 0.2) is 12.1 Å². The molecule has 12 nitrogen and oxygen atoms in total. The van der Waals surface area contributed by atoms with Crippen molar-refractivity contribution in [3.8, 4) is 22.9 Å². The predicted octanol–water partition coefficient (Wildman–Crippen LogP) is 4.72. The number of carbonyl (C=O) groups excluding carboxylic acids is 1. The Morgan fingerprint density at radius 2 is 1.73 bits per heavy atom. The van der Waals surface area contributed by atoms with E-state index in [9.17, 15) is 4.79 Å². The number of halogens is 2. The molecule has 2 N–H and O–H groups in total. The minimum Gasteiger partial charge on any atom is -0.495 e. The average molecular weight is 662 g/mol. The number of anilines is 2. The van der Waals surface area contributed by atoms with Crippen molar-refractivity contribution in [2.24, 2.45) is 5.92 Å². The lowest BCUT2D eigenvalue weighted by molar-refractivity contribution is -0.141. The number of rotatable bonds is 11. The molecule has 2 saturated heterocycles. The van der Waals surface area contributed by atoms with Crippen LogP contribution in [0, 0.1) is 5.92 Å². The van der Waals surface area contributed by atoms with Crippen LogP contribution >= 0.6 is 23.2 Å². The van der Waals surface area contributed by atoms with E-state index < -0.39 is 0 Å². The number of nitrogens with zero attached hydrogens (tertiary/aromatic N) is 4. The number of hydrogen-bond acceptors (Lipinski definition) is 11. The van der Waals surface area contributed by atoms with Crippen LogP contribution in [0.3, 0.4) is 0 Å². The zero-order valence-electron chi connectivity index (χ0n) is 25.8. The fourth-order valence-corrected chi connectivity index (χ4v) is 6.55. The van der Waals surface area contributed by atoms with E-state index in [0.717, 1.165) is 18.2 Å². The topological polar surface area (TPSA) is 129 Å². The van der Waals surface area contributed by atoms with Crippen LogP contribution in [0.15, 0.2) is 31.0 Å². The molecule has 0 unspecified atom stereocenters. The molecule has 0 bridgehead atoms. The van der Waals surface area contributed by atoms with Crippen LogP contribution in [0.25, 0.3) is 22.3 Å². The molecule has 1 amide bonds. The van der Waals surface area contributed by atoms with Gasteiger partial charge >= 0.3 is 0 Å². The highest BCUT2D eigenvalue weighted by molar-refractivity contribution is 6.41. The first-order valence-electron chi connectivity index (χ1n) is 14.7. The number of carbonyl (C=O) groups is 1. The maximum absolute atomic E-state index is 12.1. The predicted molar refractivity (Wildman–Crippen MR) is 174 cm³/mol. The average Bonchev–Trinajstić information content (AvgIpc) is 3.06. The van der Waals surface area contributed by atoms with Gasteiger partial charge in [-0.05, 0) is 31.4 Å². The van der Waals surface area contributed by atoms with Crippen LogP contribution in [0.1, 0.15) is 19.3 Å². The minimum absolute atomic E-state index is 0.152. The van der Waals surface area contributed by atoms with E-state index in [1.165, 1.54) is 20.3 Å². The van der Waals surface area contributed by atoms with Crippen molar-refractivity contribution < 1.29 is 28.5 Å². The molecule has 0 radical (unpaired) electrons. The van der Waals surface area contributed by atoms with E-state index in [1.807, 2.05) is 6.07 Å². The molecule has 2 aliphatic heterocycles. The molecular weight excluding hydrogens is 623 g/mol. The van der Waals surface area contributed by atoms with Crippen molar-refractivity contribution >= 4 is 51.6 Å². The SMILES string of the molecule is C=CC(=O)N[C@H]1CCOC[C@H]1Nc1cc2c(N3CCC(C(OC)OC)CC3)nc(-c3c(Cl)c(OC)cc(OC)c3Cl)nc2cn1. The number of nitrogens with one attached hydrogen (secondary N) is 2. The number of ether oxygens (including phenoxy) is 5. The first-order valence-corrected chi connectivity index (χ1v) is 15.4. The molecular formula is C31H38Cl2N6O6. The third-order valence-electron chi connectivity index (χ3n) is 8.25. The van der Waals surface area contributed by atoms with Gasteiger partial charge in [-0.15, -0.1) is 0 Å². The Morgan fingerprint density at radius 1 is 1.04 bits per heavy atom. The summed E-state index contributed by atoms with van der Waals surface area (Å²) in [6.45, 7) is 5.94. The number of methoxy groups -OCH3 is 4. The summed E-state index contributed by atoms with van der Waals surface area (Å²) < 4.78 is 27.8. The summed E-state index contributed by atoms with van der Waals surface area (Å²) >= 11 is 13.6. The molecule has 0 aliphatic carbocycles. The monoisotopic (exact) mass is 660 g/mol. The van der Waals surface area contributed by atoms with Crippen molar-refractivity contribution in [2.75, 3.05) is 65.0 Å². The van der Waals surface area contributed by atoms with E-state index in [1.54, 1.807) is 26.5 Å². The second-order valence-electron chi connectivity index (χ2n) is 10.8. The largest absolute Gasteiger partial charge is 0.495 e. The van der Waals surface area contributed by atoms with Gasteiger partial charge in [-0.25, -0.2) is 15.0 Å². The zero-order chi connectivity index (χ0) is 32.1. The van der Waals surface area contributed by atoms with Crippen molar-refractivity contribution in [1.82, 2.24) is 20.3 Å². The van der Waals surface area contributed by atoms with Gasteiger partial charge in [0.25, 0.3) is 0 Å². The van der Waals surface area contributed by atoms with Gasteiger partial charge in [0.05, 0.1) is 60.2 Å². The third kappa shape index (κ3) is 7.05. The molecule has 2 fully saturated rings. The zero-order valence-corrected chi connectivity index (χ0v) is 27.3. The molecule has 2 atom stereocenters. The highest BCUT2D eigenvalue weighted by atomic mass is 35.5. The highest BCUT2D eigenvalue weighted by Crippen LogP contribution is 2.46. The Labute approximate surface area is 272 Å². The molecule has 3 aromatic rings. The lowest BCUT2D eigenvalue weighted by Gasteiger charge is -2.36. The Kier molecular flexibility index (Phi) is 10.8. The number of aromatic nitrogens is 3. The minimum atomic E-state index is -0.279. The van der Waals surface area contributed by atoms with Gasteiger partial charge in [-0.3, -0.25) is 4.79 Å². The molecule has 2 aliphatic rings. The van der Waals surface area contributed by atoms with Crippen LogP contribution in [-0.4, -0.2) is 94.0 Å². The second-order valence-corrected chi connectivity index (χ2v) is 11.6.